The summed E-state index contributed by atoms with van der Waals surface area (Å²) >= 11 is 0. The van der Waals surface area contributed by atoms with Gasteiger partial charge in [0.2, 0.25) is 5.95 Å². The zero-order valence-corrected chi connectivity index (χ0v) is 21.9. The van der Waals surface area contributed by atoms with Gasteiger partial charge in [0, 0.05) is 70.5 Å². The molecule has 3 aromatic rings. The summed E-state index contributed by atoms with van der Waals surface area (Å²) < 4.78 is 10.8. The van der Waals surface area contributed by atoms with Crippen molar-refractivity contribution in [3.05, 3.63) is 76.2 Å². The maximum Gasteiger partial charge on any atom is 0.254 e. The van der Waals surface area contributed by atoms with Crippen LogP contribution in [0.25, 0.3) is 0 Å². The minimum absolute atomic E-state index is 0.0222. The molecule has 0 bridgehead atoms. The Bertz CT molecular complexity index is 1310. The zero-order valence-electron chi connectivity index (χ0n) is 21.9. The average Bonchev–Trinajstić information content (AvgIpc) is 2.97. The number of hydrogen-bond acceptors (Lipinski definition) is 8. The topological polar surface area (TPSA) is 94.2 Å². The molecular weight excluding hydrogens is 484 g/mol. The van der Waals surface area contributed by atoms with Crippen molar-refractivity contribution in [1.29, 1.82) is 0 Å². The number of benzene rings is 2. The van der Waals surface area contributed by atoms with Gasteiger partial charge in [-0.1, -0.05) is 18.2 Å². The molecule has 1 N–H and O–H groups in total. The molecule has 0 spiro atoms. The molecule has 1 aromatic heterocycles. The van der Waals surface area contributed by atoms with Crippen molar-refractivity contribution in [2.24, 2.45) is 0 Å². The number of carbonyl (C=O) groups is 1. The van der Waals surface area contributed by atoms with Crippen molar-refractivity contribution in [1.82, 2.24) is 19.8 Å². The average molecular weight is 519 g/mol. The molecule has 0 saturated carbocycles. The highest BCUT2D eigenvalue weighted by Crippen LogP contribution is 2.28. The first kappa shape index (κ1) is 25.6. The van der Waals surface area contributed by atoms with Crippen LogP contribution in [0.4, 0.5) is 11.6 Å². The summed E-state index contributed by atoms with van der Waals surface area (Å²) in [5, 5.41) is 0. The molecule has 2 fully saturated rings. The van der Waals surface area contributed by atoms with Gasteiger partial charge in [-0.15, -0.1) is 0 Å². The Kier molecular flexibility index (Phi) is 7.78. The van der Waals surface area contributed by atoms with Gasteiger partial charge in [0.1, 0.15) is 11.5 Å². The van der Waals surface area contributed by atoms with Crippen molar-refractivity contribution >= 4 is 17.5 Å². The van der Waals surface area contributed by atoms with E-state index in [1.807, 2.05) is 40.1 Å². The summed E-state index contributed by atoms with van der Waals surface area (Å²) in [6.45, 7) is 6.40. The first-order valence-electron chi connectivity index (χ1n) is 12.9. The Morgan fingerprint density at radius 1 is 0.868 bits per heavy atom. The number of para-hydroxylation sites is 2. The summed E-state index contributed by atoms with van der Waals surface area (Å²) in [5.74, 6) is 2.08. The lowest BCUT2D eigenvalue weighted by atomic mass is 10.1. The molecule has 3 heterocycles. The molecule has 2 saturated heterocycles. The van der Waals surface area contributed by atoms with Gasteiger partial charge in [0.15, 0.2) is 0 Å². The fourth-order valence-electron chi connectivity index (χ4n) is 5.05. The molecule has 2 aromatic carbocycles. The first-order chi connectivity index (χ1) is 18.5. The van der Waals surface area contributed by atoms with Gasteiger partial charge >= 0.3 is 0 Å². The molecule has 200 valence electrons. The predicted octanol–water partition coefficient (Wildman–Crippen LogP) is 2.07. The Labute approximate surface area is 222 Å². The van der Waals surface area contributed by atoms with E-state index >= 15 is 0 Å². The van der Waals surface area contributed by atoms with Gasteiger partial charge in [-0.2, -0.15) is 0 Å². The van der Waals surface area contributed by atoms with E-state index in [1.165, 1.54) is 0 Å². The van der Waals surface area contributed by atoms with Crippen LogP contribution in [0.5, 0.6) is 11.5 Å². The number of H-pyrrole nitrogens is 1. The van der Waals surface area contributed by atoms with Gasteiger partial charge in [-0.05, 0) is 30.3 Å². The molecule has 10 nitrogen and oxygen atoms in total. The quantitative estimate of drug-likeness (QED) is 0.508. The van der Waals surface area contributed by atoms with E-state index in [0.29, 0.717) is 50.0 Å². The first-order valence-corrected chi connectivity index (χ1v) is 12.9. The van der Waals surface area contributed by atoms with Crippen LogP contribution in [0.3, 0.4) is 0 Å². The van der Waals surface area contributed by atoms with Gasteiger partial charge in [0.25, 0.3) is 11.5 Å². The third kappa shape index (κ3) is 5.75. The van der Waals surface area contributed by atoms with Crippen LogP contribution in [0.2, 0.25) is 0 Å². The number of nitrogens with one attached hydrogen (secondary N) is 1. The monoisotopic (exact) mass is 518 g/mol. The number of anilines is 2. The van der Waals surface area contributed by atoms with Gasteiger partial charge in [-0.3, -0.25) is 19.5 Å². The van der Waals surface area contributed by atoms with Crippen LogP contribution >= 0.6 is 0 Å². The summed E-state index contributed by atoms with van der Waals surface area (Å²) in [4.78, 5) is 41.6. The number of hydrogen-bond donors (Lipinski definition) is 1. The van der Waals surface area contributed by atoms with E-state index in [-0.39, 0.29) is 11.5 Å². The third-order valence-corrected chi connectivity index (χ3v) is 7.15. The number of aromatic amines is 1. The number of methoxy groups -OCH3 is 2. The second-order valence-corrected chi connectivity index (χ2v) is 9.51. The van der Waals surface area contributed by atoms with Crippen LogP contribution in [0.1, 0.15) is 16.1 Å². The molecular formula is C28H34N6O4. The number of nitrogens with zero attached hydrogens (tertiary/aromatic N) is 5. The maximum atomic E-state index is 13.0. The second kappa shape index (κ2) is 11.6. The minimum atomic E-state index is -0.160. The van der Waals surface area contributed by atoms with Gasteiger partial charge in [0.05, 0.1) is 25.6 Å². The fourth-order valence-corrected chi connectivity index (χ4v) is 5.05. The number of piperazine rings is 2. The van der Waals surface area contributed by atoms with E-state index in [0.717, 1.165) is 43.3 Å². The molecule has 2 aliphatic heterocycles. The Hall–Kier alpha value is -4.05. The Morgan fingerprint density at radius 2 is 1.61 bits per heavy atom. The van der Waals surface area contributed by atoms with Crippen molar-refractivity contribution in [2.45, 2.75) is 6.54 Å². The van der Waals surface area contributed by atoms with E-state index in [2.05, 4.69) is 20.9 Å². The number of rotatable bonds is 7. The van der Waals surface area contributed by atoms with E-state index < -0.39 is 0 Å². The number of aromatic nitrogens is 2. The highest BCUT2D eigenvalue weighted by atomic mass is 16.5. The van der Waals surface area contributed by atoms with Crippen LogP contribution in [-0.4, -0.2) is 92.3 Å². The molecule has 0 atom stereocenters. The Morgan fingerprint density at radius 3 is 2.34 bits per heavy atom. The maximum absolute atomic E-state index is 13.0. The minimum Gasteiger partial charge on any atom is -0.497 e. The lowest BCUT2D eigenvalue weighted by Gasteiger charge is -2.37. The molecule has 10 heteroatoms. The van der Waals surface area contributed by atoms with Gasteiger partial charge in [-0.25, -0.2) is 4.98 Å². The molecule has 0 unspecified atom stereocenters. The highest BCUT2D eigenvalue weighted by Gasteiger charge is 2.25. The van der Waals surface area contributed by atoms with E-state index in [4.69, 9.17) is 14.5 Å². The van der Waals surface area contributed by atoms with Gasteiger partial charge < -0.3 is 24.2 Å². The molecule has 5 rings (SSSR count). The largest absolute Gasteiger partial charge is 0.497 e. The predicted molar refractivity (Wildman–Crippen MR) is 146 cm³/mol. The van der Waals surface area contributed by atoms with Crippen molar-refractivity contribution in [3.63, 3.8) is 0 Å². The van der Waals surface area contributed by atoms with Crippen LogP contribution in [-0.2, 0) is 6.54 Å². The molecule has 2 aliphatic rings. The van der Waals surface area contributed by atoms with E-state index in [9.17, 15) is 9.59 Å². The lowest BCUT2D eigenvalue weighted by Crippen LogP contribution is -2.49. The summed E-state index contributed by atoms with van der Waals surface area (Å²) in [7, 11) is 3.29. The SMILES string of the molecule is COc1cccc(C(=O)N2CCN(c3nc(CN4CCN(c5ccccc5OC)CC4)cc(=O)[nH]3)CC2)c1. The fraction of sp³-hybridized carbons (Fsp3) is 0.393. The summed E-state index contributed by atoms with van der Waals surface area (Å²) in [6, 6.07) is 16.9. The van der Waals surface area contributed by atoms with Crippen LogP contribution in [0, 0.1) is 0 Å². The summed E-state index contributed by atoms with van der Waals surface area (Å²) in [5.41, 5.74) is 2.31. The smallest absolute Gasteiger partial charge is 0.254 e. The molecule has 0 radical (unpaired) electrons. The Balaban J connectivity index is 1.18. The lowest BCUT2D eigenvalue weighted by molar-refractivity contribution is 0.0746. The van der Waals surface area contributed by atoms with E-state index in [1.54, 1.807) is 32.4 Å². The summed E-state index contributed by atoms with van der Waals surface area (Å²) in [6.07, 6.45) is 0. The number of carbonyl (C=O) groups excluding carboxylic acids is 1. The van der Waals surface area contributed by atoms with Crippen molar-refractivity contribution < 1.29 is 14.3 Å². The van der Waals surface area contributed by atoms with Crippen LogP contribution < -0.4 is 24.8 Å². The third-order valence-electron chi connectivity index (χ3n) is 7.15. The standard InChI is InChI=1S/C28H34N6O4/c1-37-23-7-5-6-21(18-23)27(36)33-14-16-34(17-15-33)28-29-22(19-26(35)30-28)20-31-10-12-32(13-11-31)24-8-3-4-9-25(24)38-2/h3-9,18-19H,10-17,20H2,1-2H3,(H,29,30,35). The molecule has 0 aliphatic carbocycles. The molecule has 38 heavy (non-hydrogen) atoms. The molecule has 1 amide bonds. The second-order valence-electron chi connectivity index (χ2n) is 9.51. The normalized spacial score (nSPS) is 16.4. The van der Waals surface area contributed by atoms with Crippen molar-refractivity contribution in [3.8, 4) is 11.5 Å². The van der Waals surface area contributed by atoms with Crippen LogP contribution in [0.15, 0.2) is 59.4 Å². The number of ether oxygens (including phenoxy) is 2. The highest BCUT2D eigenvalue weighted by molar-refractivity contribution is 5.94. The number of amides is 1. The zero-order chi connectivity index (χ0) is 26.5. The van der Waals surface area contributed by atoms with Crippen molar-refractivity contribution in [2.75, 3.05) is 76.4 Å².